The molecule has 0 spiro atoms. The van der Waals surface area contributed by atoms with Crippen LogP contribution in [-0.4, -0.2) is 18.4 Å². The van der Waals surface area contributed by atoms with Crippen LogP contribution in [0.4, 0.5) is 0 Å². The minimum absolute atomic E-state index is 0.0287. The predicted molar refractivity (Wildman–Crippen MR) is 70.9 cm³/mol. The second kappa shape index (κ2) is 7.48. The number of hydrogen-bond donors (Lipinski definition) is 2. The first-order valence-corrected chi connectivity index (χ1v) is 6.19. The average Bonchev–Trinajstić information content (AvgIpc) is 2.36. The van der Waals surface area contributed by atoms with Crippen molar-refractivity contribution in [1.29, 1.82) is 0 Å². The third-order valence-corrected chi connectivity index (χ3v) is 2.80. The third-order valence-electron chi connectivity index (χ3n) is 2.80. The van der Waals surface area contributed by atoms with E-state index in [1.807, 2.05) is 30.3 Å². The molecule has 0 bridgehead atoms. The van der Waals surface area contributed by atoms with Crippen LogP contribution in [0, 0.1) is 0 Å². The summed E-state index contributed by atoms with van der Waals surface area (Å²) in [7, 11) is 0. The molecule has 1 unspecified atom stereocenters. The van der Waals surface area contributed by atoms with E-state index in [1.54, 1.807) is 0 Å². The van der Waals surface area contributed by atoms with E-state index in [0.717, 1.165) is 0 Å². The Morgan fingerprint density at radius 3 is 2.50 bits per heavy atom. The first-order chi connectivity index (χ1) is 8.59. The quantitative estimate of drug-likeness (QED) is 0.768. The molecule has 0 aliphatic heterocycles. The molecule has 0 aliphatic rings. The van der Waals surface area contributed by atoms with Crippen molar-refractivity contribution in [1.82, 2.24) is 5.32 Å². The lowest BCUT2D eigenvalue weighted by atomic mass is 10.0. The van der Waals surface area contributed by atoms with Gasteiger partial charge in [0.1, 0.15) is 0 Å². The third kappa shape index (κ3) is 5.48. The molecule has 1 rings (SSSR count). The number of carbonyl (C=O) groups is 2. The van der Waals surface area contributed by atoms with Crippen molar-refractivity contribution in [3.8, 4) is 0 Å². The van der Waals surface area contributed by atoms with E-state index in [0.29, 0.717) is 19.4 Å². The highest BCUT2D eigenvalue weighted by molar-refractivity contribution is 5.77. The van der Waals surface area contributed by atoms with Crippen LogP contribution in [0.2, 0.25) is 0 Å². The molecule has 1 aromatic rings. The molecule has 1 atom stereocenters. The monoisotopic (exact) mass is 248 g/mol. The first-order valence-electron chi connectivity index (χ1n) is 6.19. The van der Waals surface area contributed by atoms with Crippen LogP contribution in [-0.2, 0) is 9.59 Å². The average molecular weight is 248 g/mol. The van der Waals surface area contributed by atoms with Crippen LogP contribution < -0.4 is 11.1 Å². The van der Waals surface area contributed by atoms with Gasteiger partial charge < -0.3 is 11.1 Å². The van der Waals surface area contributed by atoms with Crippen molar-refractivity contribution >= 4 is 11.8 Å². The van der Waals surface area contributed by atoms with Gasteiger partial charge >= 0.3 is 0 Å². The largest absolute Gasteiger partial charge is 0.370 e. The van der Waals surface area contributed by atoms with Crippen molar-refractivity contribution in [2.24, 2.45) is 5.73 Å². The number of nitrogens with one attached hydrogen (secondary N) is 1. The first kappa shape index (κ1) is 14.2. The van der Waals surface area contributed by atoms with Gasteiger partial charge in [-0.3, -0.25) is 9.59 Å². The molecule has 0 fully saturated rings. The maximum atomic E-state index is 11.5. The maximum absolute atomic E-state index is 11.5. The van der Waals surface area contributed by atoms with Crippen molar-refractivity contribution in [2.45, 2.75) is 32.1 Å². The Labute approximate surface area is 108 Å². The van der Waals surface area contributed by atoms with E-state index >= 15 is 0 Å². The topological polar surface area (TPSA) is 72.2 Å². The minimum Gasteiger partial charge on any atom is -0.370 e. The van der Waals surface area contributed by atoms with Gasteiger partial charge in [0.05, 0.1) is 0 Å². The van der Waals surface area contributed by atoms with E-state index < -0.39 is 0 Å². The van der Waals surface area contributed by atoms with Gasteiger partial charge in [-0.05, 0) is 17.9 Å². The number of benzene rings is 1. The summed E-state index contributed by atoms with van der Waals surface area (Å²) in [4.78, 5) is 22.0. The number of rotatable bonds is 7. The zero-order valence-electron chi connectivity index (χ0n) is 10.7. The molecule has 18 heavy (non-hydrogen) atoms. The van der Waals surface area contributed by atoms with Crippen molar-refractivity contribution in [3.05, 3.63) is 35.9 Å². The van der Waals surface area contributed by atoms with Crippen LogP contribution in [0.15, 0.2) is 30.3 Å². The Balaban J connectivity index is 2.24. The normalized spacial score (nSPS) is 11.8. The van der Waals surface area contributed by atoms with E-state index in [9.17, 15) is 9.59 Å². The zero-order valence-corrected chi connectivity index (χ0v) is 10.7. The van der Waals surface area contributed by atoms with Crippen molar-refractivity contribution in [2.75, 3.05) is 6.54 Å². The fraction of sp³-hybridized carbons (Fsp3) is 0.429. The van der Waals surface area contributed by atoms with Gasteiger partial charge in [0.2, 0.25) is 11.8 Å². The summed E-state index contributed by atoms with van der Waals surface area (Å²) < 4.78 is 0. The van der Waals surface area contributed by atoms with Gasteiger partial charge in [-0.15, -0.1) is 0 Å². The van der Waals surface area contributed by atoms with Gasteiger partial charge in [-0.1, -0.05) is 37.3 Å². The van der Waals surface area contributed by atoms with Crippen LogP contribution in [0.3, 0.4) is 0 Å². The second-order valence-corrected chi connectivity index (χ2v) is 4.44. The Morgan fingerprint density at radius 2 is 1.89 bits per heavy atom. The highest BCUT2D eigenvalue weighted by atomic mass is 16.2. The zero-order chi connectivity index (χ0) is 13.4. The molecule has 0 radical (unpaired) electrons. The second-order valence-electron chi connectivity index (χ2n) is 4.44. The van der Waals surface area contributed by atoms with Crippen molar-refractivity contribution < 1.29 is 9.59 Å². The number of carbonyl (C=O) groups excluding carboxylic acids is 2. The standard InChI is InChI=1S/C14H20N2O2/c1-11(12-6-3-2-4-7-12)10-16-14(18)9-5-8-13(15)17/h2-4,6-7,11H,5,8-10H2,1H3,(H2,15,17)(H,16,18). The van der Waals surface area contributed by atoms with Crippen LogP contribution in [0.5, 0.6) is 0 Å². The molecule has 0 aromatic heterocycles. The Hall–Kier alpha value is -1.84. The number of nitrogens with two attached hydrogens (primary N) is 1. The van der Waals surface area contributed by atoms with Gasteiger partial charge in [0.25, 0.3) is 0 Å². The van der Waals surface area contributed by atoms with Gasteiger partial charge in [0.15, 0.2) is 0 Å². The molecular weight excluding hydrogens is 228 g/mol. The summed E-state index contributed by atoms with van der Waals surface area (Å²) >= 11 is 0. The van der Waals surface area contributed by atoms with Crippen LogP contribution in [0.1, 0.15) is 37.7 Å². The van der Waals surface area contributed by atoms with Gasteiger partial charge in [0, 0.05) is 19.4 Å². The lowest BCUT2D eigenvalue weighted by molar-refractivity contribution is -0.121. The van der Waals surface area contributed by atoms with Crippen molar-refractivity contribution in [3.63, 3.8) is 0 Å². The smallest absolute Gasteiger partial charge is 0.220 e. The highest BCUT2D eigenvalue weighted by Gasteiger charge is 2.07. The molecule has 1 aromatic carbocycles. The summed E-state index contributed by atoms with van der Waals surface area (Å²) in [6, 6.07) is 10.0. The SMILES string of the molecule is CC(CNC(=O)CCCC(N)=O)c1ccccc1. The maximum Gasteiger partial charge on any atom is 0.220 e. The van der Waals surface area contributed by atoms with E-state index in [-0.39, 0.29) is 24.2 Å². The van der Waals surface area contributed by atoms with Gasteiger partial charge in [-0.25, -0.2) is 0 Å². The van der Waals surface area contributed by atoms with E-state index in [2.05, 4.69) is 12.2 Å². The van der Waals surface area contributed by atoms with E-state index in [1.165, 1.54) is 5.56 Å². The van der Waals surface area contributed by atoms with E-state index in [4.69, 9.17) is 5.73 Å². The summed E-state index contributed by atoms with van der Waals surface area (Å²) in [5, 5.41) is 2.86. The molecule has 3 N–H and O–H groups in total. The fourth-order valence-corrected chi connectivity index (χ4v) is 1.68. The fourth-order valence-electron chi connectivity index (χ4n) is 1.68. The van der Waals surface area contributed by atoms with Gasteiger partial charge in [-0.2, -0.15) is 0 Å². The molecular formula is C14H20N2O2. The summed E-state index contributed by atoms with van der Waals surface area (Å²) in [6.07, 6.45) is 1.13. The molecule has 4 heteroatoms. The summed E-state index contributed by atoms with van der Waals surface area (Å²) in [6.45, 7) is 2.68. The van der Waals surface area contributed by atoms with Crippen LogP contribution >= 0.6 is 0 Å². The number of hydrogen-bond acceptors (Lipinski definition) is 2. The Kier molecular flexibility index (Phi) is 5.91. The lowest BCUT2D eigenvalue weighted by Crippen LogP contribution is -2.27. The Bertz CT molecular complexity index is 390. The summed E-state index contributed by atoms with van der Waals surface area (Å²) in [5.41, 5.74) is 6.21. The predicted octanol–water partition coefficient (Wildman–Crippen LogP) is 1.56. The molecule has 0 aliphatic carbocycles. The molecule has 0 saturated carbocycles. The molecule has 0 heterocycles. The number of primary amides is 1. The minimum atomic E-state index is -0.361. The highest BCUT2D eigenvalue weighted by Crippen LogP contribution is 2.13. The van der Waals surface area contributed by atoms with Crippen LogP contribution in [0.25, 0.3) is 0 Å². The number of amides is 2. The Morgan fingerprint density at radius 1 is 1.22 bits per heavy atom. The molecule has 0 saturated heterocycles. The lowest BCUT2D eigenvalue weighted by Gasteiger charge is -2.12. The molecule has 4 nitrogen and oxygen atoms in total. The summed E-state index contributed by atoms with van der Waals surface area (Å²) in [5.74, 6) is -0.106. The molecule has 2 amide bonds. The molecule has 98 valence electrons.